The summed E-state index contributed by atoms with van der Waals surface area (Å²) < 4.78 is 5.42. The Labute approximate surface area is 94.7 Å². The second-order valence-corrected chi connectivity index (χ2v) is 3.69. The van der Waals surface area contributed by atoms with Gasteiger partial charge in [0.1, 0.15) is 0 Å². The molecule has 0 saturated heterocycles. The van der Waals surface area contributed by atoms with Gasteiger partial charge in [0.25, 0.3) is 0 Å². The number of nitrogens with one attached hydrogen (secondary N) is 1. The van der Waals surface area contributed by atoms with Gasteiger partial charge < -0.3 is 9.73 Å². The van der Waals surface area contributed by atoms with E-state index >= 15 is 0 Å². The third-order valence-electron chi connectivity index (χ3n) is 2.47. The molecule has 4 heteroatoms. The van der Waals surface area contributed by atoms with Crippen molar-refractivity contribution in [1.29, 1.82) is 0 Å². The van der Waals surface area contributed by atoms with Crippen molar-refractivity contribution in [3.8, 4) is 0 Å². The zero-order chi connectivity index (χ0) is 11.4. The molecule has 0 aliphatic rings. The first-order valence-corrected chi connectivity index (χ1v) is 5.31. The summed E-state index contributed by atoms with van der Waals surface area (Å²) in [5.74, 6) is 1.24. The van der Waals surface area contributed by atoms with Gasteiger partial charge in [0.05, 0.1) is 6.04 Å². The molecular weight excluding hydrogens is 202 g/mol. The predicted molar refractivity (Wildman–Crippen MR) is 61.0 cm³/mol. The van der Waals surface area contributed by atoms with Crippen molar-refractivity contribution in [3.63, 3.8) is 0 Å². The smallest absolute Gasteiger partial charge is 0.233 e. The van der Waals surface area contributed by atoms with E-state index < -0.39 is 0 Å². The van der Waals surface area contributed by atoms with Gasteiger partial charge in [0.2, 0.25) is 11.8 Å². The fourth-order valence-electron chi connectivity index (χ4n) is 1.62. The second kappa shape index (κ2) is 4.90. The quantitative estimate of drug-likeness (QED) is 0.849. The maximum atomic E-state index is 5.42. The molecule has 0 spiro atoms. The van der Waals surface area contributed by atoms with Crippen LogP contribution in [0.25, 0.3) is 0 Å². The van der Waals surface area contributed by atoms with Crippen molar-refractivity contribution < 1.29 is 4.42 Å². The van der Waals surface area contributed by atoms with E-state index in [1.54, 1.807) is 6.92 Å². The molecule has 16 heavy (non-hydrogen) atoms. The Kier molecular flexibility index (Phi) is 3.31. The highest BCUT2D eigenvalue weighted by Crippen LogP contribution is 2.16. The van der Waals surface area contributed by atoms with Crippen LogP contribution in [0.3, 0.4) is 0 Å². The monoisotopic (exact) mass is 217 g/mol. The summed E-state index contributed by atoms with van der Waals surface area (Å²) in [6.45, 7) is 1.80. The van der Waals surface area contributed by atoms with Gasteiger partial charge >= 0.3 is 0 Å². The van der Waals surface area contributed by atoms with Gasteiger partial charge in [-0.3, -0.25) is 0 Å². The van der Waals surface area contributed by atoms with Crippen molar-refractivity contribution in [2.75, 3.05) is 7.05 Å². The molecule has 1 unspecified atom stereocenters. The Balaban J connectivity index is 2.12. The van der Waals surface area contributed by atoms with E-state index in [1.165, 1.54) is 5.56 Å². The molecule has 1 aromatic carbocycles. The third-order valence-corrected chi connectivity index (χ3v) is 2.47. The summed E-state index contributed by atoms with van der Waals surface area (Å²) in [7, 11) is 1.90. The molecule has 1 aromatic heterocycles. The SMILES string of the molecule is CNC(Cc1ccccc1)c1nnc(C)o1. The molecule has 0 aliphatic carbocycles. The lowest BCUT2D eigenvalue weighted by molar-refractivity contribution is 0.400. The van der Waals surface area contributed by atoms with Gasteiger partial charge in [0.15, 0.2) is 0 Å². The van der Waals surface area contributed by atoms with Gasteiger partial charge in [-0.1, -0.05) is 30.3 Å². The Bertz CT molecular complexity index is 439. The predicted octanol–water partition coefficient (Wildman–Crippen LogP) is 1.88. The highest BCUT2D eigenvalue weighted by molar-refractivity contribution is 5.16. The highest BCUT2D eigenvalue weighted by atomic mass is 16.4. The van der Waals surface area contributed by atoms with Gasteiger partial charge in [-0.25, -0.2) is 0 Å². The van der Waals surface area contributed by atoms with E-state index in [-0.39, 0.29) is 6.04 Å². The van der Waals surface area contributed by atoms with Gasteiger partial charge in [-0.15, -0.1) is 10.2 Å². The molecule has 0 amide bonds. The first-order chi connectivity index (χ1) is 7.79. The van der Waals surface area contributed by atoms with Crippen LogP contribution < -0.4 is 5.32 Å². The average molecular weight is 217 g/mol. The molecule has 1 N–H and O–H groups in total. The molecule has 2 aromatic rings. The van der Waals surface area contributed by atoms with Crippen LogP contribution in [-0.2, 0) is 6.42 Å². The summed E-state index contributed by atoms with van der Waals surface area (Å²) in [6.07, 6.45) is 0.846. The van der Waals surface area contributed by atoms with Gasteiger partial charge in [-0.05, 0) is 19.0 Å². The third kappa shape index (κ3) is 2.46. The lowest BCUT2D eigenvalue weighted by atomic mass is 10.1. The normalized spacial score (nSPS) is 12.6. The molecule has 1 atom stereocenters. The van der Waals surface area contributed by atoms with Crippen molar-refractivity contribution >= 4 is 0 Å². The summed E-state index contributed by atoms with van der Waals surface area (Å²) in [4.78, 5) is 0. The zero-order valence-electron chi connectivity index (χ0n) is 9.47. The first kappa shape index (κ1) is 10.8. The maximum Gasteiger partial charge on any atom is 0.233 e. The van der Waals surface area contributed by atoms with Crippen LogP contribution in [0, 0.1) is 6.92 Å². The van der Waals surface area contributed by atoms with Crippen LogP contribution in [-0.4, -0.2) is 17.2 Å². The number of benzene rings is 1. The van der Waals surface area contributed by atoms with Crippen molar-refractivity contribution in [2.45, 2.75) is 19.4 Å². The topological polar surface area (TPSA) is 51.0 Å². The molecule has 0 fully saturated rings. The van der Waals surface area contributed by atoms with Crippen molar-refractivity contribution in [2.24, 2.45) is 0 Å². The van der Waals surface area contributed by atoms with E-state index in [1.807, 2.05) is 25.2 Å². The van der Waals surface area contributed by atoms with E-state index in [2.05, 4.69) is 27.6 Å². The van der Waals surface area contributed by atoms with Crippen LogP contribution in [0.4, 0.5) is 0 Å². The van der Waals surface area contributed by atoms with E-state index in [4.69, 9.17) is 4.42 Å². The van der Waals surface area contributed by atoms with Crippen LogP contribution in [0.2, 0.25) is 0 Å². The Morgan fingerprint density at radius 2 is 2.00 bits per heavy atom. The number of rotatable bonds is 4. The number of aryl methyl sites for hydroxylation is 1. The second-order valence-electron chi connectivity index (χ2n) is 3.69. The van der Waals surface area contributed by atoms with Gasteiger partial charge in [-0.2, -0.15) is 0 Å². The summed E-state index contributed by atoms with van der Waals surface area (Å²) >= 11 is 0. The Hall–Kier alpha value is -1.68. The molecule has 0 bridgehead atoms. The Morgan fingerprint density at radius 3 is 2.56 bits per heavy atom. The zero-order valence-corrected chi connectivity index (χ0v) is 9.47. The fourth-order valence-corrected chi connectivity index (χ4v) is 1.62. The summed E-state index contributed by atoms with van der Waals surface area (Å²) in [5, 5.41) is 11.1. The maximum absolute atomic E-state index is 5.42. The largest absolute Gasteiger partial charge is 0.424 e. The number of nitrogens with zero attached hydrogens (tertiary/aromatic N) is 2. The fraction of sp³-hybridized carbons (Fsp3) is 0.333. The van der Waals surface area contributed by atoms with E-state index in [0.29, 0.717) is 11.8 Å². The van der Waals surface area contributed by atoms with Crippen LogP contribution >= 0.6 is 0 Å². The minimum absolute atomic E-state index is 0.0728. The lowest BCUT2D eigenvalue weighted by Crippen LogP contribution is -2.19. The lowest BCUT2D eigenvalue weighted by Gasteiger charge is -2.11. The molecule has 84 valence electrons. The summed E-state index contributed by atoms with van der Waals surface area (Å²) in [6, 6.07) is 10.3. The number of likely N-dealkylation sites (N-methyl/N-ethyl adjacent to an activating group) is 1. The average Bonchev–Trinajstić information content (AvgIpc) is 2.74. The number of hydrogen-bond acceptors (Lipinski definition) is 4. The van der Waals surface area contributed by atoms with Crippen molar-refractivity contribution in [3.05, 3.63) is 47.7 Å². The Morgan fingerprint density at radius 1 is 1.25 bits per heavy atom. The minimum atomic E-state index is 0.0728. The minimum Gasteiger partial charge on any atom is -0.424 e. The number of hydrogen-bond donors (Lipinski definition) is 1. The highest BCUT2D eigenvalue weighted by Gasteiger charge is 2.16. The van der Waals surface area contributed by atoms with Crippen molar-refractivity contribution in [1.82, 2.24) is 15.5 Å². The molecular formula is C12H15N3O. The standard InChI is InChI=1S/C12H15N3O/c1-9-14-15-12(16-9)11(13-2)8-10-6-4-3-5-7-10/h3-7,11,13H,8H2,1-2H3. The van der Waals surface area contributed by atoms with E-state index in [0.717, 1.165) is 6.42 Å². The summed E-state index contributed by atoms with van der Waals surface area (Å²) in [5.41, 5.74) is 1.25. The van der Waals surface area contributed by atoms with E-state index in [9.17, 15) is 0 Å². The van der Waals surface area contributed by atoms with Crippen LogP contribution in [0.5, 0.6) is 0 Å². The molecule has 4 nitrogen and oxygen atoms in total. The molecule has 0 saturated carbocycles. The first-order valence-electron chi connectivity index (χ1n) is 5.31. The molecule has 0 radical (unpaired) electrons. The van der Waals surface area contributed by atoms with Crippen LogP contribution in [0.1, 0.15) is 23.4 Å². The molecule has 2 rings (SSSR count). The van der Waals surface area contributed by atoms with Gasteiger partial charge in [0, 0.05) is 6.92 Å². The van der Waals surface area contributed by atoms with Crippen LogP contribution in [0.15, 0.2) is 34.7 Å². The molecule has 0 aliphatic heterocycles. The molecule has 1 heterocycles. The number of aromatic nitrogens is 2.